The highest BCUT2D eigenvalue weighted by molar-refractivity contribution is 7.80. The first-order chi connectivity index (χ1) is 14.9. The summed E-state index contributed by atoms with van der Waals surface area (Å²) in [6.07, 6.45) is -1.12. The number of nitrogens with two attached hydrogens (primary N) is 2. The molecule has 5 atom stereocenters. The molecule has 0 saturated carbocycles. The zero-order valence-corrected chi connectivity index (χ0v) is 18.7. The quantitative estimate of drug-likeness (QED) is 0.0812. The maximum absolute atomic E-state index is 12.7. The van der Waals surface area contributed by atoms with Crippen molar-refractivity contribution in [3.8, 4) is 0 Å². The van der Waals surface area contributed by atoms with Crippen molar-refractivity contribution in [3.63, 3.8) is 0 Å². The Labute approximate surface area is 191 Å². The van der Waals surface area contributed by atoms with Crippen molar-refractivity contribution in [2.24, 2.45) is 11.5 Å². The minimum absolute atomic E-state index is 0.0292. The fraction of sp³-hybridized carbons (Fsp3) is 0.722. The summed E-state index contributed by atoms with van der Waals surface area (Å²) in [6.45, 7) is 1.56. The molecule has 14 heteroatoms. The molecule has 0 saturated heterocycles. The van der Waals surface area contributed by atoms with E-state index in [9.17, 15) is 34.2 Å². The van der Waals surface area contributed by atoms with Crippen molar-refractivity contribution < 1.29 is 39.3 Å². The second kappa shape index (κ2) is 15.4. The second-order valence-corrected chi connectivity index (χ2v) is 7.56. The summed E-state index contributed by atoms with van der Waals surface area (Å²) in [5.74, 6) is -5.20. The van der Waals surface area contributed by atoms with Crippen molar-refractivity contribution in [1.82, 2.24) is 16.0 Å². The van der Waals surface area contributed by atoms with Gasteiger partial charge in [-0.2, -0.15) is 12.6 Å². The third kappa shape index (κ3) is 11.3. The van der Waals surface area contributed by atoms with Crippen molar-refractivity contribution in [1.29, 1.82) is 0 Å². The number of hydrogen-bond acceptors (Lipinski definition) is 9. The maximum atomic E-state index is 12.7. The highest BCUT2D eigenvalue weighted by Gasteiger charge is 2.32. The Bertz CT molecular complexity index is 663. The summed E-state index contributed by atoms with van der Waals surface area (Å²) in [4.78, 5) is 59.5. The molecular weight excluding hydrogens is 446 g/mol. The van der Waals surface area contributed by atoms with Crippen LogP contribution in [0.3, 0.4) is 0 Å². The van der Waals surface area contributed by atoms with Crippen LogP contribution >= 0.6 is 12.6 Å². The molecule has 184 valence electrons. The van der Waals surface area contributed by atoms with E-state index in [4.69, 9.17) is 16.6 Å². The van der Waals surface area contributed by atoms with Gasteiger partial charge >= 0.3 is 11.9 Å². The van der Waals surface area contributed by atoms with E-state index in [1.807, 2.05) is 0 Å². The van der Waals surface area contributed by atoms with Crippen molar-refractivity contribution in [2.75, 3.05) is 12.3 Å². The highest BCUT2D eigenvalue weighted by atomic mass is 32.1. The van der Waals surface area contributed by atoms with Gasteiger partial charge in [-0.15, -0.1) is 0 Å². The first-order valence-electron chi connectivity index (χ1n) is 10.0. The van der Waals surface area contributed by atoms with Gasteiger partial charge in [0.15, 0.2) is 0 Å². The van der Waals surface area contributed by atoms with Crippen LogP contribution in [-0.4, -0.2) is 87.5 Å². The molecule has 0 aromatic rings. The Morgan fingerprint density at radius 3 is 1.97 bits per heavy atom. The second-order valence-electron chi connectivity index (χ2n) is 7.19. The summed E-state index contributed by atoms with van der Waals surface area (Å²) in [6, 6.07) is -5.23. The van der Waals surface area contributed by atoms with Crippen LogP contribution < -0.4 is 27.4 Å². The summed E-state index contributed by atoms with van der Waals surface area (Å²) >= 11 is 3.88. The number of amides is 3. The molecule has 5 unspecified atom stereocenters. The summed E-state index contributed by atoms with van der Waals surface area (Å²) in [5.41, 5.74) is 10.9. The van der Waals surface area contributed by atoms with Gasteiger partial charge in [-0.1, -0.05) is 0 Å². The number of aliphatic carboxylic acids is 2. The fourth-order valence-corrected chi connectivity index (χ4v) is 2.73. The molecule has 0 heterocycles. The van der Waals surface area contributed by atoms with Crippen LogP contribution in [0, 0.1) is 0 Å². The van der Waals surface area contributed by atoms with Gasteiger partial charge in [-0.05, 0) is 39.2 Å². The number of carbonyl (C=O) groups excluding carboxylic acids is 3. The zero-order chi connectivity index (χ0) is 24.8. The predicted octanol–water partition coefficient (Wildman–Crippen LogP) is -2.84. The van der Waals surface area contributed by atoms with E-state index < -0.39 is 66.4 Å². The predicted molar refractivity (Wildman–Crippen MR) is 117 cm³/mol. The Morgan fingerprint density at radius 1 is 0.906 bits per heavy atom. The normalized spacial score (nSPS) is 15.5. The average molecular weight is 480 g/mol. The Balaban J connectivity index is 5.36. The first-order valence-corrected chi connectivity index (χ1v) is 10.7. The molecule has 3 amide bonds. The topological polar surface area (TPSA) is 234 Å². The monoisotopic (exact) mass is 479 g/mol. The highest BCUT2D eigenvalue weighted by Crippen LogP contribution is 2.05. The van der Waals surface area contributed by atoms with Gasteiger partial charge in [0.05, 0.1) is 12.1 Å². The first kappa shape index (κ1) is 29.6. The van der Waals surface area contributed by atoms with E-state index in [0.29, 0.717) is 19.4 Å². The molecule has 0 bridgehead atoms. The van der Waals surface area contributed by atoms with Gasteiger partial charge < -0.3 is 42.7 Å². The number of rotatable bonds is 16. The lowest BCUT2D eigenvalue weighted by molar-refractivity contribution is -0.143. The molecule has 0 spiro atoms. The summed E-state index contributed by atoms with van der Waals surface area (Å²) in [5, 5.41) is 34.9. The molecule has 10 N–H and O–H groups in total. The van der Waals surface area contributed by atoms with E-state index in [2.05, 4.69) is 28.6 Å². The van der Waals surface area contributed by atoms with E-state index in [-0.39, 0.29) is 18.6 Å². The lowest BCUT2D eigenvalue weighted by Crippen LogP contribution is -2.60. The molecule has 0 aliphatic rings. The Kier molecular flexibility index (Phi) is 14.2. The van der Waals surface area contributed by atoms with Crippen molar-refractivity contribution in [3.05, 3.63) is 0 Å². The van der Waals surface area contributed by atoms with Crippen LogP contribution in [0.25, 0.3) is 0 Å². The number of hydrogen-bond donors (Lipinski definition) is 9. The molecule has 0 fully saturated rings. The largest absolute Gasteiger partial charge is 0.481 e. The van der Waals surface area contributed by atoms with Crippen LogP contribution in [0.15, 0.2) is 0 Å². The summed E-state index contributed by atoms with van der Waals surface area (Å²) < 4.78 is 0. The van der Waals surface area contributed by atoms with E-state index >= 15 is 0 Å². The van der Waals surface area contributed by atoms with Gasteiger partial charge in [-0.25, -0.2) is 4.79 Å². The number of nitrogens with one attached hydrogen (secondary N) is 3. The van der Waals surface area contributed by atoms with Gasteiger partial charge in [0.2, 0.25) is 17.7 Å². The molecular formula is C18H33N5O8S. The van der Waals surface area contributed by atoms with Crippen molar-refractivity contribution >= 4 is 42.3 Å². The number of unbranched alkanes of at least 4 members (excludes halogenated alkanes) is 1. The average Bonchev–Trinajstić information content (AvgIpc) is 2.72. The lowest BCUT2D eigenvalue weighted by Gasteiger charge is -2.26. The smallest absolute Gasteiger partial charge is 0.326 e. The van der Waals surface area contributed by atoms with Gasteiger partial charge in [-0.3, -0.25) is 19.2 Å². The number of carboxylic acid groups (broad SMARTS) is 2. The van der Waals surface area contributed by atoms with Crippen LogP contribution in [0.4, 0.5) is 0 Å². The fourth-order valence-electron chi connectivity index (χ4n) is 2.57. The van der Waals surface area contributed by atoms with E-state index in [1.54, 1.807) is 0 Å². The number of aliphatic hydroxyl groups is 1. The van der Waals surface area contributed by atoms with E-state index in [0.717, 1.165) is 0 Å². The zero-order valence-electron chi connectivity index (χ0n) is 17.8. The standard InChI is InChI=1S/C18H33N5O8S/c1-9(24)14(17(29)22-12(18(30)31)4-2-3-7-19)23-16(28)11(5-6-13(25)26)21-15(27)10(20)8-32/h9-12,14,24,32H,2-8,19-20H2,1H3,(H,21,27)(H,22,29)(H,23,28)(H,25,26)(H,30,31). The third-order valence-electron chi connectivity index (χ3n) is 4.44. The number of carboxylic acids is 2. The van der Waals surface area contributed by atoms with Crippen molar-refractivity contribution in [2.45, 2.75) is 69.3 Å². The third-order valence-corrected chi connectivity index (χ3v) is 4.83. The van der Waals surface area contributed by atoms with Crippen LogP contribution in [0.2, 0.25) is 0 Å². The molecule has 0 radical (unpaired) electrons. The minimum Gasteiger partial charge on any atom is -0.481 e. The van der Waals surface area contributed by atoms with Crippen LogP contribution in [0.1, 0.15) is 39.0 Å². The molecule has 0 rings (SSSR count). The molecule has 32 heavy (non-hydrogen) atoms. The Hall–Kier alpha value is -2.42. The maximum Gasteiger partial charge on any atom is 0.326 e. The number of carbonyl (C=O) groups is 5. The van der Waals surface area contributed by atoms with Crippen LogP contribution in [0.5, 0.6) is 0 Å². The van der Waals surface area contributed by atoms with Gasteiger partial charge in [0, 0.05) is 12.2 Å². The number of aliphatic hydroxyl groups excluding tert-OH is 1. The summed E-state index contributed by atoms with van der Waals surface area (Å²) in [7, 11) is 0. The molecule has 13 nitrogen and oxygen atoms in total. The van der Waals surface area contributed by atoms with Gasteiger partial charge in [0.1, 0.15) is 18.1 Å². The van der Waals surface area contributed by atoms with E-state index in [1.165, 1.54) is 6.92 Å². The number of thiol groups is 1. The molecule has 0 aliphatic carbocycles. The minimum atomic E-state index is -1.55. The van der Waals surface area contributed by atoms with Crippen LogP contribution in [-0.2, 0) is 24.0 Å². The molecule has 0 aromatic carbocycles. The van der Waals surface area contributed by atoms with Gasteiger partial charge in [0.25, 0.3) is 0 Å². The molecule has 0 aliphatic heterocycles. The SMILES string of the molecule is CC(O)C(NC(=O)C(CCC(=O)O)NC(=O)C(N)CS)C(=O)NC(CCCCN)C(=O)O. The lowest BCUT2D eigenvalue weighted by atomic mass is 10.1. The Morgan fingerprint density at radius 2 is 1.50 bits per heavy atom. The molecule has 0 aromatic heterocycles.